The lowest BCUT2D eigenvalue weighted by Gasteiger charge is -2.02. The molecule has 5 heteroatoms. The van der Waals surface area contributed by atoms with Crippen LogP contribution in [0.2, 0.25) is 0 Å². The first-order valence-corrected chi connectivity index (χ1v) is 8.35. The van der Waals surface area contributed by atoms with Crippen LogP contribution in [-0.4, -0.2) is 29.5 Å². The summed E-state index contributed by atoms with van der Waals surface area (Å²) in [4.78, 5) is 11.7. The summed E-state index contributed by atoms with van der Waals surface area (Å²) in [6.07, 6.45) is 5.04. The normalized spacial score (nSPS) is 10.8. The number of methoxy groups -OCH3 is 1. The molecule has 0 amide bonds. The molecule has 0 N–H and O–H groups in total. The average Bonchev–Trinajstić information content (AvgIpc) is 3.12. The number of aromatic nitrogens is 2. The van der Waals surface area contributed by atoms with E-state index in [1.165, 1.54) is 6.08 Å². The van der Waals surface area contributed by atoms with Crippen molar-refractivity contribution in [2.24, 2.45) is 0 Å². The van der Waals surface area contributed by atoms with Crippen LogP contribution in [0.3, 0.4) is 0 Å². The van der Waals surface area contributed by atoms with Crippen molar-refractivity contribution < 1.29 is 14.3 Å². The molecule has 0 bridgehead atoms. The second kappa shape index (κ2) is 8.16. The van der Waals surface area contributed by atoms with Crippen molar-refractivity contribution >= 4 is 12.0 Å². The lowest BCUT2D eigenvalue weighted by molar-refractivity contribution is -0.137. The Bertz CT molecular complexity index is 897. The summed E-state index contributed by atoms with van der Waals surface area (Å²) in [6, 6.07) is 17.5. The molecule has 0 spiro atoms. The van der Waals surface area contributed by atoms with Gasteiger partial charge in [0, 0.05) is 23.4 Å². The molecule has 0 aliphatic heterocycles. The predicted octanol–water partition coefficient (Wildman–Crippen LogP) is 4.12. The lowest BCUT2D eigenvalue weighted by atomic mass is 10.1. The molecule has 0 saturated heterocycles. The summed E-state index contributed by atoms with van der Waals surface area (Å²) in [5.74, 6) is 0.403. The fraction of sp³-hybridized carbons (Fsp3) is 0.143. The van der Waals surface area contributed by atoms with Crippen LogP contribution in [0.15, 0.2) is 66.9 Å². The molecule has 0 aliphatic rings. The van der Waals surface area contributed by atoms with Gasteiger partial charge in [-0.25, -0.2) is 9.48 Å². The fourth-order valence-electron chi connectivity index (χ4n) is 2.54. The molecule has 5 nitrogen and oxygen atoms in total. The van der Waals surface area contributed by atoms with E-state index in [9.17, 15) is 4.79 Å². The van der Waals surface area contributed by atoms with E-state index in [-0.39, 0.29) is 5.97 Å². The molecule has 0 radical (unpaired) electrons. The van der Waals surface area contributed by atoms with Crippen LogP contribution < -0.4 is 4.74 Å². The predicted molar refractivity (Wildman–Crippen MR) is 101 cm³/mol. The van der Waals surface area contributed by atoms with Gasteiger partial charge in [0.2, 0.25) is 0 Å². The lowest BCUT2D eigenvalue weighted by Crippen LogP contribution is -1.98. The second-order valence-electron chi connectivity index (χ2n) is 5.53. The topological polar surface area (TPSA) is 53.4 Å². The van der Waals surface area contributed by atoms with Crippen LogP contribution in [0.1, 0.15) is 12.5 Å². The summed E-state index contributed by atoms with van der Waals surface area (Å²) >= 11 is 0. The quantitative estimate of drug-likeness (QED) is 0.497. The van der Waals surface area contributed by atoms with E-state index < -0.39 is 0 Å². The number of nitrogens with zero attached hydrogens (tertiary/aromatic N) is 2. The number of benzene rings is 2. The minimum absolute atomic E-state index is 0.345. The Morgan fingerprint density at radius 3 is 2.50 bits per heavy atom. The highest BCUT2D eigenvalue weighted by molar-refractivity contribution is 5.88. The Kier molecular flexibility index (Phi) is 5.49. The number of carbonyl (C=O) groups is 1. The molecule has 0 aliphatic carbocycles. The first-order valence-electron chi connectivity index (χ1n) is 8.35. The van der Waals surface area contributed by atoms with Crippen molar-refractivity contribution in [3.05, 3.63) is 72.4 Å². The molecular formula is C21H20N2O3. The third-order valence-electron chi connectivity index (χ3n) is 3.81. The molecule has 0 unspecified atom stereocenters. The number of ether oxygens (including phenoxy) is 2. The summed E-state index contributed by atoms with van der Waals surface area (Å²) in [6.45, 7) is 2.12. The first-order chi connectivity index (χ1) is 12.7. The van der Waals surface area contributed by atoms with Gasteiger partial charge in [-0.15, -0.1) is 0 Å². The highest BCUT2D eigenvalue weighted by Gasteiger charge is 2.11. The van der Waals surface area contributed by atoms with Crippen LogP contribution >= 0.6 is 0 Å². The minimum Gasteiger partial charge on any atom is -0.497 e. The summed E-state index contributed by atoms with van der Waals surface area (Å²) < 4.78 is 12.0. The van der Waals surface area contributed by atoms with Crippen LogP contribution in [0.25, 0.3) is 23.0 Å². The monoisotopic (exact) mass is 348 g/mol. The van der Waals surface area contributed by atoms with Crippen molar-refractivity contribution in [1.82, 2.24) is 9.78 Å². The van der Waals surface area contributed by atoms with E-state index in [4.69, 9.17) is 14.6 Å². The van der Waals surface area contributed by atoms with E-state index in [0.29, 0.717) is 6.61 Å². The first kappa shape index (κ1) is 17.5. The van der Waals surface area contributed by atoms with Gasteiger partial charge in [0.1, 0.15) is 5.75 Å². The third-order valence-corrected chi connectivity index (χ3v) is 3.81. The Labute approximate surface area is 152 Å². The zero-order chi connectivity index (χ0) is 18.4. The second-order valence-corrected chi connectivity index (χ2v) is 5.53. The maximum Gasteiger partial charge on any atom is 0.330 e. The smallest absolute Gasteiger partial charge is 0.330 e. The van der Waals surface area contributed by atoms with Crippen molar-refractivity contribution in [3.8, 4) is 22.7 Å². The Balaban J connectivity index is 2.02. The van der Waals surface area contributed by atoms with E-state index in [1.54, 1.807) is 24.8 Å². The SMILES string of the molecule is CCOC(=O)/C=C/c1cn(-c2ccccc2)nc1-c1ccc(OC)cc1. The van der Waals surface area contributed by atoms with Crippen LogP contribution in [0.5, 0.6) is 5.75 Å². The maximum absolute atomic E-state index is 11.7. The van der Waals surface area contributed by atoms with Gasteiger partial charge >= 0.3 is 5.97 Å². The zero-order valence-electron chi connectivity index (χ0n) is 14.8. The number of para-hydroxylation sites is 1. The van der Waals surface area contributed by atoms with Gasteiger partial charge in [-0.3, -0.25) is 0 Å². The number of hydrogen-bond acceptors (Lipinski definition) is 4. The summed E-state index contributed by atoms with van der Waals surface area (Å²) in [5.41, 5.74) is 3.48. The maximum atomic E-state index is 11.7. The molecular weight excluding hydrogens is 328 g/mol. The van der Waals surface area contributed by atoms with Gasteiger partial charge < -0.3 is 9.47 Å². The molecule has 3 rings (SSSR count). The molecule has 1 heterocycles. The third kappa shape index (κ3) is 4.00. The molecule has 0 atom stereocenters. The highest BCUT2D eigenvalue weighted by Crippen LogP contribution is 2.26. The van der Waals surface area contributed by atoms with Crippen LogP contribution in [0, 0.1) is 0 Å². The summed E-state index contributed by atoms with van der Waals surface area (Å²) in [5, 5.41) is 4.70. The molecule has 2 aromatic carbocycles. The van der Waals surface area contributed by atoms with Crippen LogP contribution in [-0.2, 0) is 9.53 Å². The highest BCUT2D eigenvalue weighted by atomic mass is 16.5. The zero-order valence-corrected chi connectivity index (χ0v) is 14.8. The van der Waals surface area contributed by atoms with E-state index in [0.717, 1.165) is 28.3 Å². The Hall–Kier alpha value is -3.34. The number of hydrogen-bond donors (Lipinski definition) is 0. The number of carbonyl (C=O) groups excluding carboxylic acids is 1. The van der Waals surface area contributed by atoms with Crippen molar-refractivity contribution in [2.75, 3.05) is 13.7 Å². The Morgan fingerprint density at radius 2 is 1.85 bits per heavy atom. The van der Waals surface area contributed by atoms with Gasteiger partial charge in [0.25, 0.3) is 0 Å². The molecule has 0 fully saturated rings. The number of rotatable bonds is 6. The molecule has 1 aromatic heterocycles. The number of esters is 1. The van der Waals surface area contributed by atoms with Crippen LogP contribution in [0.4, 0.5) is 0 Å². The van der Waals surface area contributed by atoms with Gasteiger partial charge in [0.05, 0.1) is 25.1 Å². The van der Waals surface area contributed by atoms with Gasteiger partial charge in [0.15, 0.2) is 0 Å². The van der Waals surface area contributed by atoms with E-state index in [2.05, 4.69) is 0 Å². The van der Waals surface area contributed by atoms with Crippen molar-refractivity contribution in [1.29, 1.82) is 0 Å². The van der Waals surface area contributed by atoms with Gasteiger partial charge in [-0.05, 0) is 49.4 Å². The van der Waals surface area contributed by atoms with Gasteiger partial charge in [-0.2, -0.15) is 5.10 Å². The van der Waals surface area contributed by atoms with E-state index in [1.807, 2.05) is 60.8 Å². The van der Waals surface area contributed by atoms with Crippen molar-refractivity contribution in [3.63, 3.8) is 0 Å². The molecule has 3 aromatic rings. The largest absolute Gasteiger partial charge is 0.497 e. The minimum atomic E-state index is -0.374. The van der Waals surface area contributed by atoms with E-state index >= 15 is 0 Å². The average molecular weight is 348 g/mol. The Morgan fingerprint density at radius 1 is 1.12 bits per heavy atom. The standard InChI is InChI=1S/C21H20N2O3/c1-3-26-20(24)14-11-17-15-23(18-7-5-4-6-8-18)22-21(17)16-9-12-19(25-2)13-10-16/h4-15H,3H2,1-2H3/b14-11+. The fourth-order valence-corrected chi connectivity index (χ4v) is 2.54. The molecule has 132 valence electrons. The van der Waals surface area contributed by atoms with Crippen molar-refractivity contribution in [2.45, 2.75) is 6.92 Å². The van der Waals surface area contributed by atoms with Gasteiger partial charge in [-0.1, -0.05) is 18.2 Å². The summed E-state index contributed by atoms with van der Waals surface area (Å²) in [7, 11) is 1.63. The molecule has 0 saturated carbocycles. The molecule has 26 heavy (non-hydrogen) atoms.